The van der Waals surface area contributed by atoms with Crippen LogP contribution in [0.1, 0.15) is 52.5 Å². The van der Waals surface area contributed by atoms with Gasteiger partial charge in [-0.3, -0.25) is 0 Å². The van der Waals surface area contributed by atoms with Gasteiger partial charge in [0.1, 0.15) is 11.5 Å². The molecule has 18 heavy (non-hydrogen) atoms. The van der Waals surface area contributed by atoms with Crippen molar-refractivity contribution in [1.82, 2.24) is 0 Å². The lowest BCUT2D eigenvalue weighted by molar-refractivity contribution is 0.384. The number of phenolic OH excluding ortho intramolecular Hbond substituents is 1. The van der Waals surface area contributed by atoms with Gasteiger partial charge in [0.25, 0.3) is 0 Å². The van der Waals surface area contributed by atoms with E-state index in [1.54, 1.807) is 19.2 Å². The van der Waals surface area contributed by atoms with Gasteiger partial charge < -0.3 is 9.84 Å². The average molecular weight is 250 g/mol. The van der Waals surface area contributed by atoms with Crippen molar-refractivity contribution in [2.45, 2.75) is 52.4 Å². The Morgan fingerprint density at radius 3 is 2.50 bits per heavy atom. The van der Waals surface area contributed by atoms with Gasteiger partial charge in [-0.05, 0) is 36.0 Å². The molecule has 0 aliphatic rings. The molecule has 1 rings (SSSR count). The van der Waals surface area contributed by atoms with E-state index in [0.29, 0.717) is 5.75 Å². The maximum Gasteiger partial charge on any atom is 0.119 e. The second-order valence-corrected chi connectivity index (χ2v) is 6.05. The monoisotopic (exact) mass is 250 g/mol. The predicted molar refractivity (Wildman–Crippen MR) is 76.4 cm³/mol. The summed E-state index contributed by atoms with van der Waals surface area (Å²) in [5.74, 6) is 1.91. The van der Waals surface area contributed by atoms with Crippen molar-refractivity contribution in [2.24, 2.45) is 5.92 Å². The molecule has 1 aromatic rings. The molecule has 0 radical (unpaired) electrons. The highest BCUT2D eigenvalue weighted by molar-refractivity contribution is 5.43. The summed E-state index contributed by atoms with van der Waals surface area (Å²) in [6.45, 7) is 8.86. The highest BCUT2D eigenvalue weighted by Crippen LogP contribution is 2.37. The van der Waals surface area contributed by atoms with Gasteiger partial charge in [-0.1, -0.05) is 40.5 Å². The first-order valence-corrected chi connectivity index (χ1v) is 6.74. The van der Waals surface area contributed by atoms with Gasteiger partial charge in [0.05, 0.1) is 7.11 Å². The molecule has 0 heterocycles. The smallest absolute Gasteiger partial charge is 0.119 e. The van der Waals surface area contributed by atoms with Crippen LogP contribution < -0.4 is 4.74 Å². The van der Waals surface area contributed by atoms with Gasteiger partial charge in [0, 0.05) is 5.56 Å². The molecule has 0 atom stereocenters. The van der Waals surface area contributed by atoms with Crippen molar-refractivity contribution in [1.29, 1.82) is 0 Å². The van der Waals surface area contributed by atoms with Crippen LogP contribution in [0.25, 0.3) is 0 Å². The number of hydrogen-bond acceptors (Lipinski definition) is 2. The maximum absolute atomic E-state index is 10.0. The number of methoxy groups -OCH3 is 1. The van der Waals surface area contributed by atoms with E-state index >= 15 is 0 Å². The summed E-state index contributed by atoms with van der Waals surface area (Å²) in [4.78, 5) is 0. The summed E-state index contributed by atoms with van der Waals surface area (Å²) in [5, 5.41) is 10.0. The van der Waals surface area contributed by atoms with E-state index in [-0.39, 0.29) is 5.41 Å². The molecular formula is C16H26O2. The molecule has 0 aliphatic carbocycles. The Hall–Kier alpha value is -1.18. The van der Waals surface area contributed by atoms with E-state index in [4.69, 9.17) is 4.74 Å². The van der Waals surface area contributed by atoms with E-state index in [9.17, 15) is 5.11 Å². The standard InChI is InChI=1S/C16H26O2/c1-12(2)7-6-10-16(3,4)14-11-13(18-5)8-9-15(14)17/h8-9,11-12,17H,6-7,10H2,1-5H3. The zero-order valence-electron chi connectivity index (χ0n) is 12.3. The lowest BCUT2D eigenvalue weighted by atomic mass is 9.79. The van der Waals surface area contributed by atoms with Gasteiger partial charge in [-0.2, -0.15) is 0 Å². The number of hydrogen-bond donors (Lipinski definition) is 1. The highest BCUT2D eigenvalue weighted by atomic mass is 16.5. The number of ether oxygens (including phenoxy) is 1. The Morgan fingerprint density at radius 2 is 1.94 bits per heavy atom. The molecule has 0 saturated carbocycles. The minimum atomic E-state index is -0.0203. The molecule has 0 unspecified atom stereocenters. The summed E-state index contributed by atoms with van der Waals surface area (Å²) in [5.41, 5.74) is 0.957. The first-order valence-electron chi connectivity index (χ1n) is 6.74. The Bertz CT molecular complexity index is 381. The molecule has 1 N–H and O–H groups in total. The minimum Gasteiger partial charge on any atom is -0.508 e. The average Bonchev–Trinajstić information content (AvgIpc) is 2.28. The third-order valence-electron chi connectivity index (χ3n) is 3.52. The predicted octanol–water partition coefficient (Wildman–Crippen LogP) is 4.50. The number of aromatic hydroxyl groups is 1. The SMILES string of the molecule is COc1ccc(O)c(C(C)(C)CCCC(C)C)c1. The third-order valence-corrected chi connectivity index (χ3v) is 3.52. The van der Waals surface area contributed by atoms with Crippen LogP contribution in [0.3, 0.4) is 0 Å². The molecule has 102 valence electrons. The Labute approximate surface area is 111 Å². The van der Waals surface area contributed by atoms with E-state index in [1.165, 1.54) is 12.8 Å². The van der Waals surface area contributed by atoms with Crippen molar-refractivity contribution in [3.63, 3.8) is 0 Å². The highest BCUT2D eigenvalue weighted by Gasteiger charge is 2.24. The van der Waals surface area contributed by atoms with Crippen LogP contribution in [0, 0.1) is 5.92 Å². The van der Waals surface area contributed by atoms with Gasteiger partial charge in [0.2, 0.25) is 0 Å². The molecule has 2 heteroatoms. The molecule has 1 aromatic carbocycles. The second kappa shape index (κ2) is 6.12. The third kappa shape index (κ3) is 3.94. The first-order chi connectivity index (χ1) is 8.36. The molecule has 0 saturated heterocycles. The lowest BCUT2D eigenvalue weighted by Gasteiger charge is -2.27. The maximum atomic E-state index is 10.0. The lowest BCUT2D eigenvalue weighted by Crippen LogP contribution is -2.17. The summed E-state index contributed by atoms with van der Waals surface area (Å²) in [6.07, 6.45) is 3.49. The van der Waals surface area contributed by atoms with Gasteiger partial charge in [-0.15, -0.1) is 0 Å². The molecule has 0 fully saturated rings. The second-order valence-electron chi connectivity index (χ2n) is 6.05. The zero-order valence-corrected chi connectivity index (χ0v) is 12.3. The van der Waals surface area contributed by atoms with Crippen LogP contribution in [-0.4, -0.2) is 12.2 Å². The normalized spacial score (nSPS) is 11.9. The van der Waals surface area contributed by atoms with Crippen molar-refractivity contribution in [2.75, 3.05) is 7.11 Å². The topological polar surface area (TPSA) is 29.5 Å². The molecule has 0 aliphatic heterocycles. The Kier molecular flexibility index (Phi) is 5.06. The fourth-order valence-corrected chi connectivity index (χ4v) is 2.27. The summed E-state index contributed by atoms with van der Waals surface area (Å²) < 4.78 is 5.24. The van der Waals surface area contributed by atoms with Crippen LogP contribution in [0.4, 0.5) is 0 Å². The van der Waals surface area contributed by atoms with Gasteiger partial charge in [-0.25, -0.2) is 0 Å². The quantitative estimate of drug-likeness (QED) is 0.805. The number of rotatable bonds is 6. The number of benzene rings is 1. The van der Waals surface area contributed by atoms with Gasteiger partial charge in [0.15, 0.2) is 0 Å². The first kappa shape index (κ1) is 14.9. The zero-order chi connectivity index (χ0) is 13.8. The molecule has 0 aromatic heterocycles. The fourth-order valence-electron chi connectivity index (χ4n) is 2.27. The van der Waals surface area contributed by atoms with E-state index in [1.807, 2.05) is 6.07 Å². The van der Waals surface area contributed by atoms with E-state index in [2.05, 4.69) is 27.7 Å². The van der Waals surface area contributed by atoms with Crippen LogP contribution >= 0.6 is 0 Å². The van der Waals surface area contributed by atoms with Crippen LogP contribution in [0.2, 0.25) is 0 Å². The van der Waals surface area contributed by atoms with Crippen LogP contribution in [-0.2, 0) is 5.41 Å². The largest absolute Gasteiger partial charge is 0.508 e. The fraction of sp³-hybridized carbons (Fsp3) is 0.625. The van der Waals surface area contributed by atoms with Crippen LogP contribution in [0.15, 0.2) is 18.2 Å². The molecule has 0 spiro atoms. The van der Waals surface area contributed by atoms with Crippen molar-refractivity contribution < 1.29 is 9.84 Å². The van der Waals surface area contributed by atoms with Crippen molar-refractivity contribution >= 4 is 0 Å². The molecular weight excluding hydrogens is 224 g/mol. The molecule has 2 nitrogen and oxygen atoms in total. The summed E-state index contributed by atoms with van der Waals surface area (Å²) in [6, 6.07) is 5.46. The van der Waals surface area contributed by atoms with Crippen molar-refractivity contribution in [3.8, 4) is 11.5 Å². The van der Waals surface area contributed by atoms with Gasteiger partial charge >= 0.3 is 0 Å². The Balaban J connectivity index is 2.82. The van der Waals surface area contributed by atoms with E-state index < -0.39 is 0 Å². The number of phenols is 1. The summed E-state index contributed by atoms with van der Waals surface area (Å²) in [7, 11) is 1.65. The molecule has 0 bridgehead atoms. The Morgan fingerprint density at radius 1 is 1.28 bits per heavy atom. The van der Waals surface area contributed by atoms with E-state index in [0.717, 1.165) is 23.7 Å². The molecule has 0 amide bonds. The summed E-state index contributed by atoms with van der Waals surface area (Å²) >= 11 is 0. The van der Waals surface area contributed by atoms with Crippen LogP contribution in [0.5, 0.6) is 11.5 Å². The van der Waals surface area contributed by atoms with Crippen molar-refractivity contribution in [3.05, 3.63) is 23.8 Å². The minimum absolute atomic E-state index is 0.0203.